The molecule has 106 valence electrons. The van der Waals surface area contributed by atoms with Crippen molar-refractivity contribution in [1.29, 1.82) is 0 Å². The highest BCUT2D eigenvalue weighted by Crippen LogP contribution is 2.33. The van der Waals surface area contributed by atoms with Crippen LogP contribution in [0.3, 0.4) is 0 Å². The van der Waals surface area contributed by atoms with Gasteiger partial charge in [-0.3, -0.25) is 4.98 Å². The summed E-state index contributed by atoms with van der Waals surface area (Å²) in [5.41, 5.74) is -0.275. The molecule has 2 rings (SSSR count). The van der Waals surface area contributed by atoms with E-state index in [1.807, 2.05) is 0 Å². The Labute approximate surface area is 113 Å². The van der Waals surface area contributed by atoms with Gasteiger partial charge in [0.1, 0.15) is 5.82 Å². The van der Waals surface area contributed by atoms with Gasteiger partial charge in [0.05, 0.1) is 17.3 Å². The Morgan fingerprint density at radius 3 is 2.40 bits per heavy atom. The van der Waals surface area contributed by atoms with Crippen molar-refractivity contribution >= 4 is 0 Å². The summed E-state index contributed by atoms with van der Waals surface area (Å²) in [5, 5.41) is 2.91. The van der Waals surface area contributed by atoms with Crippen LogP contribution in [-0.4, -0.2) is 12.0 Å². The SMILES string of the molecule is CNC(c1ccc(C(F)(F)F)c(F)c1)c1ccccn1. The smallest absolute Gasteiger partial charge is 0.308 e. The van der Waals surface area contributed by atoms with E-state index in [9.17, 15) is 17.6 Å². The fourth-order valence-electron chi connectivity index (χ4n) is 1.97. The van der Waals surface area contributed by atoms with E-state index in [2.05, 4.69) is 10.3 Å². The van der Waals surface area contributed by atoms with Crippen molar-refractivity contribution in [3.05, 3.63) is 65.2 Å². The van der Waals surface area contributed by atoms with Crippen LogP contribution < -0.4 is 5.32 Å². The van der Waals surface area contributed by atoms with Crippen molar-refractivity contribution in [3.63, 3.8) is 0 Å². The lowest BCUT2D eigenvalue weighted by molar-refractivity contribution is -0.140. The van der Waals surface area contributed by atoms with Gasteiger partial charge in [0.15, 0.2) is 0 Å². The van der Waals surface area contributed by atoms with Gasteiger partial charge in [-0.15, -0.1) is 0 Å². The molecule has 0 aliphatic heterocycles. The molecule has 0 amide bonds. The Balaban J connectivity index is 2.40. The molecule has 1 aromatic carbocycles. The molecule has 1 heterocycles. The van der Waals surface area contributed by atoms with E-state index in [0.29, 0.717) is 11.3 Å². The zero-order valence-electron chi connectivity index (χ0n) is 10.6. The third-order valence-corrected chi connectivity index (χ3v) is 2.90. The number of hydrogen-bond acceptors (Lipinski definition) is 2. The van der Waals surface area contributed by atoms with Crippen LogP contribution in [-0.2, 0) is 6.18 Å². The summed E-state index contributed by atoms with van der Waals surface area (Å²) in [5.74, 6) is -1.29. The normalized spacial score (nSPS) is 13.2. The lowest BCUT2D eigenvalue weighted by Crippen LogP contribution is -2.19. The van der Waals surface area contributed by atoms with Gasteiger partial charge in [-0.2, -0.15) is 13.2 Å². The summed E-state index contributed by atoms with van der Waals surface area (Å²) >= 11 is 0. The van der Waals surface area contributed by atoms with Crippen LogP contribution in [0, 0.1) is 5.82 Å². The topological polar surface area (TPSA) is 24.9 Å². The van der Waals surface area contributed by atoms with Gasteiger partial charge in [-0.1, -0.05) is 12.1 Å². The van der Waals surface area contributed by atoms with E-state index in [0.717, 1.165) is 12.1 Å². The van der Waals surface area contributed by atoms with Crippen molar-refractivity contribution in [2.75, 3.05) is 7.05 Å². The predicted molar refractivity (Wildman–Crippen MR) is 66.5 cm³/mol. The molecule has 0 bridgehead atoms. The Bertz CT molecular complexity index is 581. The molecule has 1 aromatic heterocycles. The largest absolute Gasteiger partial charge is 0.419 e. The summed E-state index contributed by atoms with van der Waals surface area (Å²) in [6.07, 6.45) is -3.12. The summed E-state index contributed by atoms with van der Waals surface area (Å²) < 4.78 is 51.1. The highest BCUT2D eigenvalue weighted by atomic mass is 19.4. The minimum atomic E-state index is -4.69. The predicted octanol–water partition coefficient (Wildman–Crippen LogP) is 3.55. The minimum Gasteiger partial charge on any atom is -0.308 e. The third kappa shape index (κ3) is 2.96. The second-order valence-electron chi connectivity index (χ2n) is 4.21. The van der Waals surface area contributed by atoms with E-state index in [1.54, 1.807) is 31.4 Å². The highest BCUT2D eigenvalue weighted by Gasteiger charge is 2.34. The van der Waals surface area contributed by atoms with Crippen molar-refractivity contribution in [1.82, 2.24) is 10.3 Å². The zero-order chi connectivity index (χ0) is 14.8. The molecule has 6 heteroatoms. The molecule has 2 nitrogen and oxygen atoms in total. The number of alkyl halides is 3. The van der Waals surface area contributed by atoms with Crippen LogP contribution in [0.2, 0.25) is 0 Å². The molecule has 0 saturated carbocycles. The Morgan fingerprint density at radius 2 is 1.90 bits per heavy atom. The van der Waals surface area contributed by atoms with Crippen LogP contribution in [0.5, 0.6) is 0 Å². The van der Waals surface area contributed by atoms with E-state index in [1.165, 1.54) is 6.07 Å². The highest BCUT2D eigenvalue weighted by molar-refractivity contribution is 5.32. The summed E-state index contributed by atoms with van der Waals surface area (Å²) in [4.78, 5) is 4.12. The molecule has 0 radical (unpaired) electrons. The molecular formula is C14H12F4N2. The number of benzene rings is 1. The molecule has 0 aliphatic rings. The number of pyridine rings is 1. The van der Waals surface area contributed by atoms with Crippen molar-refractivity contribution in [2.24, 2.45) is 0 Å². The maximum Gasteiger partial charge on any atom is 0.419 e. The van der Waals surface area contributed by atoms with Crippen LogP contribution in [0.15, 0.2) is 42.6 Å². The lowest BCUT2D eigenvalue weighted by Gasteiger charge is -2.17. The molecule has 1 N–H and O–H groups in total. The van der Waals surface area contributed by atoms with Crippen molar-refractivity contribution in [3.8, 4) is 0 Å². The molecule has 1 atom stereocenters. The first-order valence-corrected chi connectivity index (χ1v) is 5.88. The van der Waals surface area contributed by atoms with Crippen molar-refractivity contribution < 1.29 is 17.6 Å². The van der Waals surface area contributed by atoms with Gasteiger partial charge >= 0.3 is 6.18 Å². The number of nitrogens with one attached hydrogen (secondary N) is 1. The molecule has 0 fully saturated rings. The summed E-state index contributed by atoms with van der Waals surface area (Å²) in [6, 6.07) is 7.62. The third-order valence-electron chi connectivity index (χ3n) is 2.90. The summed E-state index contributed by atoms with van der Waals surface area (Å²) in [6.45, 7) is 0. The first-order valence-electron chi connectivity index (χ1n) is 5.88. The van der Waals surface area contributed by atoms with Crippen LogP contribution >= 0.6 is 0 Å². The van der Waals surface area contributed by atoms with Gasteiger partial charge in [0.2, 0.25) is 0 Å². The Morgan fingerprint density at radius 1 is 1.15 bits per heavy atom. The fourth-order valence-corrected chi connectivity index (χ4v) is 1.97. The Hall–Kier alpha value is -1.95. The van der Waals surface area contributed by atoms with Gasteiger partial charge < -0.3 is 5.32 Å². The van der Waals surface area contributed by atoms with Gasteiger partial charge in [-0.05, 0) is 36.9 Å². The van der Waals surface area contributed by atoms with E-state index in [4.69, 9.17) is 0 Å². The average Bonchev–Trinajstić information content (AvgIpc) is 2.39. The number of aromatic nitrogens is 1. The fraction of sp³-hybridized carbons (Fsp3) is 0.214. The standard InChI is InChI=1S/C14H12F4N2/c1-19-13(12-4-2-3-7-20-12)9-5-6-10(11(15)8-9)14(16,17)18/h2-8,13,19H,1H3. The first-order chi connectivity index (χ1) is 9.43. The Kier molecular flexibility index (Phi) is 4.04. The van der Waals surface area contributed by atoms with Gasteiger partial charge in [-0.25, -0.2) is 4.39 Å². The van der Waals surface area contributed by atoms with E-state index < -0.39 is 23.6 Å². The number of nitrogens with zero attached hydrogens (tertiary/aromatic N) is 1. The minimum absolute atomic E-state index is 0.386. The maximum absolute atomic E-state index is 13.6. The van der Waals surface area contributed by atoms with E-state index >= 15 is 0 Å². The van der Waals surface area contributed by atoms with E-state index in [-0.39, 0.29) is 0 Å². The first kappa shape index (κ1) is 14.5. The average molecular weight is 284 g/mol. The quantitative estimate of drug-likeness (QED) is 0.872. The molecular weight excluding hydrogens is 272 g/mol. The second-order valence-corrected chi connectivity index (χ2v) is 4.21. The number of rotatable bonds is 3. The van der Waals surface area contributed by atoms with Crippen LogP contribution in [0.1, 0.15) is 22.9 Å². The van der Waals surface area contributed by atoms with Crippen LogP contribution in [0.4, 0.5) is 17.6 Å². The van der Waals surface area contributed by atoms with Gasteiger partial charge in [0.25, 0.3) is 0 Å². The summed E-state index contributed by atoms with van der Waals surface area (Å²) in [7, 11) is 1.63. The molecule has 1 unspecified atom stereocenters. The van der Waals surface area contributed by atoms with Crippen LogP contribution in [0.25, 0.3) is 0 Å². The molecule has 2 aromatic rings. The molecule has 20 heavy (non-hydrogen) atoms. The monoisotopic (exact) mass is 284 g/mol. The molecule has 0 saturated heterocycles. The zero-order valence-corrected chi connectivity index (χ0v) is 10.6. The second kappa shape index (κ2) is 5.58. The molecule has 0 aliphatic carbocycles. The van der Waals surface area contributed by atoms with Gasteiger partial charge in [0, 0.05) is 6.20 Å². The lowest BCUT2D eigenvalue weighted by atomic mass is 10.0. The number of hydrogen-bond donors (Lipinski definition) is 1. The maximum atomic E-state index is 13.6. The van der Waals surface area contributed by atoms with Crippen molar-refractivity contribution in [2.45, 2.75) is 12.2 Å². The number of halogens is 4. The molecule has 0 spiro atoms.